The molecule has 3 rings (SSSR count). The van der Waals surface area contributed by atoms with Gasteiger partial charge in [0.1, 0.15) is 0 Å². The first kappa shape index (κ1) is 16.0. The molecule has 0 atom stereocenters. The van der Waals surface area contributed by atoms with Gasteiger partial charge in [0.05, 0.1) is 0 Å². The molecule has 0 unspecified atom stereocenters. The summed E-state index contributed by atoms with van der Waals surface area (Å²) in [7, 11) is -4.94. The van der Waals surface area contributed by atoms with Crippen molar-refractivity contribution in [3.63, 3.8) is 0 Å². The van der Waals surface area contributed by atoms with Crippen molar-refractivity contribution in [2.45, 2.75) is 13.8 Å². The zero-order valence-corrected chi connectivity index (χ0v) is 13.0. The molecule has 0 fully saturated rings. The standard InChI is InChI=1S/C15H13S.ClHO4/c1-10-7-8-11(2)15-13(10)9-12-5-3-4-6-14(12)16-15;2-1(3,4)5/h3-9H,1-2H3;(H,2,3,4,5)/q+1;/p-1. The first-order valence-corrected chi connectivity index (χ1v) is 8.14. The van der Waals surface area contributed by atoms with Crippen LogP contribution < -0.4 is 18.6 Å². The van der Waals surface area contributed by atoms with E-state index in [-0.39, 0.29) is 0 Å². The summed E-state index contributed by atoms with van der Waals surface area (Å²) in [4.78, 5) is 0. The summed E-state index contributed by atoms with van der Waals surface area (Å²) in [6, 6.07) is 15.3. The normalized spacial score (nSPS) is 11.3. The minimum Gasteiger partial charge on any atom is -0.222 e. The minimum absolute atomic E-state index is 1.34. The third-order valence-corrected chi connectivity index (χ3v) is 4.38. The van der Waals surface area contributed by atoms with Gasteiger partial charge in [-0.25, -0.2) is 18.6 Å². The lowest BCUT2D eigenvalue weighted by atomic mass is 10.1. The number of hydrogen-bond acceptors (Lipinski definition) is 4. The molecule has 0 spiro atoms. The van der Waals surface area contributed by atoms with Gasteiger partial charge in [0.25, 0.3) is 0 Å². The van der Waals surface area contributed by atoms with E-state index in [1.165, 1.54) is 31.3 Å². The van der Waals surface area contributed by atoms with Crippen molar-refractivity contribution < 1.29 is 28.9 Å². The van der Waals surface area contributed by atoms with Gasteiger partial charge in [-0.1, -0.05) is 24.3 Å². The van der Waals surface area contributed by atoms with E-state index in [1.807, 2.05) is 11.3 Å². The number of benzene rings is 2. The van der Waals surface area contributed by atoms with Gasteiger partial charge in [-0.15, -0.1) is 10.2 Å². The Kier molecular flexibility index (Phi) is 4.73. The van der Waals surface area contributed by atoms with Gasteiger partial charge in [0, 0.05) is 22.4 Å². The Morgan fingerprint density at radius 1 is 0.857 bits per heavy atom. The van der Waals surface area contributed by atoms with Gasteiger partial charge < -0.3 is 0 Å². The molecule has 4 nitrogen and oxygen atoms in total. The largest absolute Gasteiger partial charge is 0.241 e. The number of aryl methyl sites for hydroxylation is 2. The molecule has 0 N–H and O–H groups in total. The average molecular weight is 325 g/mol. The molecule has 3 aromatic rings. The van der Waals surface area contributed by atoms with Gasteiger partial charge in [-0.3, -0.25) is 0 Å². The molecule has 6 heteroatoms. The molecule has 0 saturated heterocycles. The van der Waals surface area contributed by atoms with E-state index >= 15 is 0 Å². The SMILES string of the molecule is Cc1ccc(C)c2[s+]c3ccccc3cc12.[O-][Cl+3]([O-])([O-])[O-]. The number of fused-ring (bicyclic) bond motifs is 2. The van der Waals surface area contributed by atoms with E-state index in [9.17, 15) is 0 Å². The number of hydrogen-bond donors (Lipinski definition) is 0. The highest BCUT2D eigenvalue weighted by Crippen LogP contribution is 2.32. The maximum Gasteiger partial charge on any atom is 0.241 e. The summed E-state index contributed by atoms with van der Waals surface area (Å²) in [5.41, 5.74) is 2.74. The van der Waals surface area contributed by atoms with E-state index in [2.05, 4.69) is 56.3 Å². The fourth-order valence-corrected chi connectivity index (χ4v) is 3.25. The van der Waals surface area contributed by atoms with Crippen molar-refractivity contribution in [1.82, 2.24) is 0 Å². The minimum atomic E-state index is -4.94. The predicted octanol–water partition coefficient (Wildman–Crippen LogP) is 0.196. The van der Waals surface area contributed by atoms with Crippen LogP contribution >= 0.6 is 11.3 Å². The molecular weight excluding hydrogens is 312 g/mol. The molecular formula is C15H13ClO4S. The van der Waals surface area contributed by atoms with Crippen molar-refractivity contribution in [1.29, 1.82) is 0 Å². The monoisotopic (exact) mass is 324 g/mol. The van der Waals surface area contributed by atoms with Gasteiger partial charge in [0.2, 0.25) is 20.7 Å². The van der Waals surface area contributed by atoms with Crippen LogP contribution in [0.1, 0.15) is 11.1 Å². The molecule has 0 aliphatic heterocycles. The summed E-state index contributed by atoms with van der Waals surface area (Å²) >= 11 is 1.89. The highest BCUT2D eigenvalue weighted by atomic mass is 35.7. The van der Waals surface area contributed by atoms with E-state index in [1.54, 1.807) is 0 Å². The van der Waals surface area contributed by atoms with Crippen LogP contribution in [0.25, 0.3) is 20.2 Å². The van der Waals surface area contributed by atoms with Crippen LogP contribution in [0.2, 0.25) is 0 Å². The molecule has 1 heterocycles. The summed E-state index contributed by atoms with van der Waals surface area (Å²) in [5.74, 6) is 0. The zero-order valence-electron chi connectivity index (χ0n) is 11.5. The van der Waals surface area contributed by atoms with E-state index in [0.29, 0.717) is 0 Å². The van der Waals surface area contributed by atoms with Gasteiger partial charge in [-0.05, 0) is 31.5 Å². The fraction of sp³-hybridized carbons (Fsp3) is 0.133. The second-order valence-electron chi connectivity index (χ2n) is 4.60. The van der Waals surface area contributed by atoms with Crippen molar-refractivity contribution in [2.75, 3.05) is 0 Å². The van der Waals surface area contributed by atoms with E-state index < -0.39 is 10.2 Å². The third-order valence-electron chi connectivity index (χ3n) is 3.04. The van der Waals surface area contributed by atoms with Crippen molar-refractivity contribution in [2.24, 2.45) is 0 Å². The average Bonchev–Trinajstić information content (AvgIpc) is 2.40. The Bertz CT molecular complexity index is 718. The molecule has 2 aromatic carbocycles. The van der Waals surface area contributed by atoms with E-state index in [4.69, 9.17) is 18.6 Å². The topological polar surface area (TPSA) is 92.2 Å². The molecule has 0 radical (unpaired) electrons. The van der Waals surface area contributed by atoms with Crippen LogP contribution in [-0.2, 0) is 0 Å². The third kappa shape index (κ3) is 4.31. The number of rotatable bonds is 0. The Balaban J connectivity index is 0.000000282. The fourth-order valence-electron chi connectivity index (χ4n) is 2.08. The van der Waals surface area contributed by atoms with Crippen LogP contribution in [0.5, 0.6) is 0 Å². The molecule has 110 valence electrons. The highest BCUT2D eigenvalue weighted by Gasteiger charge is 2.13. The van der Waals surface area contributed by atoms with E-state index in [0.717, 1.165) is 0 Å². The van der Waals surface area contributed by atoms with Crippen molar-refractivity contribution in [3.8, 4) is 0 Å². The summed E-state index contributed by atoms with van der Waals surface area (Å²) < 4.78 is 36.8. The predicted molar refractivity (Wildman–Crippen MR) is 73.2 cm³/mol. The second kappa shape index (κ2) is 6.19. The van der Waals surface area contributed by atoms with Crippen molar-refractivity contribution in [3.05, 3.63) is 53.6 Å². The second-order valence-corrected chi connectivity index (χ2v) is 6.41. The smallest absolute Gasteiger partial charge is 0.222 e. The Labute approximate surface area is 128 Å². The van der Waals surface area contributed by atoms with Crippen LogP contribution in [0.3, 0.4) is 0 Å². The lowest BCUT2D eigenvalue weighted by molar-refractivity contribution is -2.00. The maximum absolute atomic E-state index is 8.49. The van der Waals surface area contributed by atoms with Crippen LogP contribution in [0.15, 0.2) is 42.5 Å². The Morgan fingerprint density at radius 3 is 2.10 bits per heavy atom. The molecule has 0 saturated carbocycles. The van der Waals surface area contributed by atoms with Crippen molar-refractivity contribution >= 4 is 31.5 Å². The maximum atomic E-state index is 8.49. The molecule has 0 aliphatic rings. The summed E-state index contributed by atoms with van der Waals surface area (Å²) in [5, 5.41) is 2.73. The Hall–Kier alpha value is -1.34. The molecule has 21 heavy (non-hydrogen) atoms. The van der Waals surface area contributed by atoms with Gasteiger partial charge in [-0.2, -0.15) is 0 Å². The highest BCUT2D eigenvalue weighted by molar-refractivity contribution is 7.24. The molecule has 1 aromatic heterocycles. The van der Waals surface area contributed by atoms with Crippen LogP contribution in [0.4, 0.5) is 0 Å². The van der Waals surface area contributed by atoms with Gasteiger partial charge >= 0.3 is 0 Å². The lowest BCUT2D eigenvalue weighted by Gasteiger charge is -2.17. The summed E-state index contributed by atoms with van der Waals surface area (Å²) in [6.45, 7) is 4.37. The lowest BCUT2D eigenvalue weighted by Crippen LogP contribution is -2.68. The molecule has 0 bridgehead atoms. The van der Waals surface area contributed by atoms with Crippen LogP contribution in [0, 0.1) is 24.1 Å². The zero-order chi connectivity index (χ0) is 15.6. The first-order valence-electron chi connectivity index (χ1n) is 6.09. The summed E-state index contributed by atoms with van der Waals surface area (Å²) in [6.07, 6.45) is 0. The molecule has 0 amide bonds. The molecule has 0 aliphatic carbocycles. The quantitative estimate of drug-likeness (QED) is 0.436. The van der Waals surface area contributed by atoms with Crippen LogP contribution in [-0.4, -0.2) is 0 Å². The first-order chi connectivity index (χ1) is 9.75. The Morgan fingerprint density at radius 2 is 1.43 bits per heavy atom. The van der Waals surface area contributed by atoms with Gasteiger partial charge in [0.15, 0.2) is 0 Å². The number of halogens is 1.